The number of pyridine rings is 1. The zero-order valence-electron chi connectivity index (χ0n) is 14.1. The maximum Gasteiger partial charge on any atom is 0.0948 e. The fraction of sp³-hybridized carbons (Fsp3) is 0.556. The first-order chi connectivity index (χ1) is 10.7. The van der Waals surface area contributed by atoms with Crippen LogP contribution in [0, 0.1) is 5.92 Å². The summed E-state index contributed by atoms with van der Waals surface area (Å²) in [4.78, 5) is 11.0. The van der Waals surface area contributed by atoms with Crippen LogP contribution in [0.1, 0.15) is 44.9 Å². The Bertz CT molecular complexity index is 533. The molecule has 0 saturated carbocycles. The van der Waals surface area contributed by atoms with Crippen LogP contribution in [0.5, 0.6) is 0 Å². The van der Waals surface area contributed by atoms with E-state index in [9.17, 15) is 0 Å². The lowest BCUT2D eigenvalue weighted by Gasteiger charge is -2.23. The third kappa shape index (κ3) is 5.26. The van der Waals surface area contributed by atoms with Gasteiger partial charge in [-0.25, -0.2) is 4.98 Å². The van der Waals surface area contributed by atoms with E-state index in [1.807, 2.05) is 24.9 Å². The summed E-state index contributed by atoms with van der Waals surface area (Å²) < 4.78 is 2.29. The van der Waals surface area contributed by atoms with Crippen molar-refractivity contribution in [3.05, 3.63) is 48.3 Å². The van der Waals surface area contributed by atoms with Crippen molar-refractivity contribution in [1.82, 2.24) is 19.4 Å². The summed E-state index contributed by atoms with van der Waals surface area (Å²) >= 11 is 0. The lowest BCUT2D eigenvalue weighted by molar-refractivity contribution is 0.245. The predicted octanol–water partition coefficient (Wildman–Crippen LogP) is 3.74. The number of unbranched alkanes of at least 4 members (excludes halogenated alkanes) is 1. The molecule has 4 nitrogen and oxygen atoms in total. The van der Waals surface area contributed by atoms with Crippen molar-refractivity contribution in [2.24, 2.45) is 5.92 Å². The SMILES string of the molecule is CCCCN(Cc1ccncc1)Cc1cncn1CC(C)C. The van der Waals surface area contributed by atoms with Crippen molar-refractivity contribution < 1.29 is 0 Å². The first kappa shape index (κ1) is 16.7. The van der Waals surface area contributed by atoms with Crippen LogP contribution in [0.3, 0.4) is 0 Å². The van der Waals surface area contributed by atoms with Gasteiger partial charge in [-0.15, -0.1) is 0 Å². The zero-order valence-corrected chi connectivity index (χ0v) is 14.1. The molecule has 0 bridgehead atoms. The van der Waals surface area contributed by atoms with Gasteiger partial charge in [0.1, 0.15) is 0 Å². The topological polar surface area (TPSA) is 34.0 Å². The molecule has 120 valence electrons. The van der Waals surface area contributed by atoms with Gasteiger partial charge in [-0.2, -0.15) is 0 Å². The molecule has 22 heavy (non-hydrogen) atoms. The molecule has 0 unspecified atom stereocenters. The quantitative estimate of drug-likeness (QED) is 0.707. The van der Waals surface area contributed by atoms with E-state index >= 15 is 0 Å². The molecular formula is C18H28N4. The molecule has 0 fully saturated rings. The van der Waals surface area contributed by atoms with Gasteiger partial charge in [0, 0.05) is 38.2 Å². The number of rotatable bonds is 9. The third-order valence-electron chi connectivity index (χ3n) is 3.73. The van der Waals surface area contributed by atoms with Gasteiger partial charge >= 0.3 is 0 Å². The molecule has 0 atom stereocenters. The first-order valence-electron chi connectivity index (χ1n) is 8.29. The molecule has 0 amide bonds. The van der Waals surface area contributed by atoms with Crippen molar-refractivity contribution in [3.63, 3.8) is 0 Å². The fourth-order valence-corrected chi connectivity index (χ4v) is 2.61. The van der Waals surface area contributed by atoms with Gasteiger partial charge in [0.15, 0.2) is 0 Å². The minimum absolute atomic E-state index is 0.636. The van der Waals surface area contributed by atoms with Crippen molar-refractivity contribution in [2.45, 2.75) is 53.2 Å². The van der Waals surface area contributed by atoms with Gasteiger partial charge in [0.05, 0.1) is 12.0 Å². The molecule has 2 aromatic rings. The van der Waals surface area contributed by atoms with Gasteiger partial charge in [0.2, 0.25) is 0 Å². The Balaban J connectivity index is 2.04. The molecule has 0 N–H and O–H groups in total. The Morgan fingerprint density at radius 2 is 1.91 bits per heavy atom. The number of imidazole rings is 1. The highest BCUT2D eigenvalue weighted by Crippen LogP contribution is 2.12. The van der Waals surface area contributed by atoms with Crippen LogP contribution in [-0.4, -0.2) is 26.0 Å². The monoisotopic (exact) mass is 300 g/mol. The van der Waals surface area contributed by atoms with Crippen molar-refractivity contribution in [3.8, 4) is 0 Å². The molecule has 0 aliphatic heterocycles. The maximum atomic E-state index is 4.34. The van der Waals surface area contributed by atoms with Gasteiger partial charge in [-0.3, -0.25) is 9.88 Å². The summed E-state index contributed by atoms with van der Waals surface area (Å²) in [6, 6.07) is 4.20. The van der Waals surface area contributed by atoms with E-state index in [0.29, 0.717) is 5.92 Å². The van der Waals surface area contributed by atoms with Crippen molar-refractivity contribution >= 4 is 0 Å². The standard InChI is InChI=1S/C18H28N4/c1-4-5-10-21(13-17-6-8-19-9-7-17)14-18-11-20-15-22(18)12-16(2)3/h6-9,11,15-16H,4-5,10,12-14H2,1-3H3. The second-order valence-electron chi connectivity index (χ2n) is 6.35. The maximum absolute atomic E-state index is 4.34. The molecule has 4 heteroatoms. The predicted molar refractivity (Wildman–Crippen MR) is 90.3 cm³/mol. The summed E-state index contributed by atoms with van der Waals surface area (Å²) in [6.45, 7) is 10.8. The van der Waals surface area contributed by atoms with Crippen LogP contribution in [0.2, 0.25) is 0 Å². The van der Waals surface area contributed by atoms with Gasteiger partial charge in [0.25, 0.3) is 0 Å². The van der Waals surface area contributed by atoms with E-state index in [1.54, 1.807) is 0 Å². The van der Waals surface area contributed by atoms with Crippen LogP contribution >= 0.6 is 0 Å². The summed E-state index contributed by atoms with van der Waals surface area (Å²) in [5.41, 5.74) is 2.62. The molecule has 0 aliphatic carbocycles. The smallest absolute Gasteiger partial charge is 0.0948 e. The summed E-state index contributed by atoms with van der Waals surface area (Å²) in [5, 5.41) is 0. The summed E-state index contributed by atoms with van der Waals surface area (Å²) in [7, 11) is 0. The largest absolute Gasteiger partial charge is 0.333 e. The van der Waals surface area contributed by atoms with Crippen LogP contribution in [0.25, 0.3) is 0 Å². The molecule has 0 spiro atoms. The molecule has 0 aliphatic rings. The van der Waals surface area contributed by atoms with E-state index < -0.39 is 0 Å². The van der Waals surface area contributed by atoms with Crippen molar-refractivity contribution in [2.75, 3.05) is 6.54 Å². The normalized spacial score (nSPS) is 11.5. The number of aromatic nitrogens is 3. The van der Waals surface area contributed by atoms with Crippen LogP contribution in [-0.2, 0) is 19.6 Å². The van der Waals surface area contributed by atoms with E-state index in [4.69, 9.17) is 0 Å². The Morgan fingerprint density at radius 1 is 1.14 bits per heavy atom. The van der Waals surface area contributed by atoms with Gasteiger partial charge < -0.3 is 4.57 Å². The lowest BCUT2D eigenvalue weighted by Crippen LogP contribution is -2.25. The molecule has 2 heterocycles. The number of hydrogen-bond donors (Lipinski definition) is 0. The Hall–Kier alpha value is -1.68. The molecule has 0 saturated heterocycles. The van der Waals surface area contributed by atoms with Crippen LogP contribution in [0.4, 0.5) is 0 Å². The molecule has 2 aromatic heterocycles. The Labute approximate surface area is 134 Å². The average Bonchev–Trinajstić information content (AvgIpc) is 2.92. The lowest BCUT2D eigenvalue weighted by atomic mass is 10.2. The van der Waals surface area contributed by atoms with E-state index in [2.05, 4.69) is 52.3 Å². The molecule has 0 aromatic carbocycles. The van der Waals surface area contributed by atoms with Gasteiger partial charge in [-0.05, 0) is 36.6 Å². The third-order valence-corrected chi connectivity index (χ3v) is 3.73. The highest BCUT2D eigenvalue weighted by Gasteiger charge is 2.11. The van der Waals surface area contributed by atoms with Crippen LogP contribution < -0.4 is 0 Å². The van der Waals surface area contributed by atoms with E-state index in [0.717, 1.165) is 26.2 Å². The Kier molecular flexibility index (Phi) is 6.59. The molecule has 0 radical (unpaired) electrons. The molecular weight excluding hydrogens is 272 g/mol. The van der Waals surface area contributed by atoms with Crippen molar-refractivity contribution in [1.29, 1.82) is 0 Å². The zero-order chi connectivity index (χ0) is 15.8. The minimum atomic E-state index is 0.636. The van der Waals surface area contributed by atoms with E-state index in [1.165, 1.54) is 24.1 Å². The summed E-state index contributed by atoms with van der Waals surface area (Å²) in [5.74, 6) is 0.636. The van der Waals surface area contributed by atoms with Crippen LogP contribution in [0.15, 0.2) is 37.1 Å². The minimum Gasteiger partial charge on any atom is -0.333 e. The second kappa shape index (κ2) is 8.69. The molecule has 2 rings (SSSR count). The summed E-state index contributed by atoms with van der Waals surface area (Å²) in [6.07, 6.45) is 10.2. The second-order valence-corrected chi connectivity index (χ2v) is 6.35. The number of nitrogens with zero attached hydrogens (tertiary/aromatic N) is 4. The fourth-order valence-electron chi connectivity index (χ4n) is 2.61. The Morgan fingerprint density at radius 3 is 2.59 bits per heavy atom. The van der Waals surface area contributed by atoms with E-state index in [-0.39, 0.29) is 0 Å². The average molecular weight is 300 g/mol. The first-order valence-corrected chi connectivity index (χ1v) is 8.29. The highest BCUT2D eigenvalue weighted by molar-refractivity contribution is 5.10. The number of hydrogen-bond acceptors (Lipinski definition) is 3. The van der Waals surface area contributed by atoms with Gasteiger partial charge in [-0.1, -0.05) is 27.2 Å². The highest BCUT2D eigenvalue weighted by atomic mass is 15.2.